The van der Waals surface area contributed by atoms with Crippen molar-refractivity contribution in [1.29, 1.82) is 0 Å². The van der Waals surface area contributed by atoms with Crippen molar-refractivity contribution in [3.05, 3.63) is 77.9 Å². The van der Waals surface area contributed by atoms with Crippen molar-refractivity contribution >= 4 is 27.5 Å². The lowest BCUT2D eigenvalue weighted by Gasteiger charge is -2.32. The van der Waals surface area contributed by atoms with Crippen molar-refractivity contribution in [2.75, 3.05) is 38.2 Å². The second-order valence-corrected chi connectivity index (χ2v) is 12.6. The number of rotatable bonds is 15. The summed E-state index contributed by atoms with van der Waals surface area (Å²) >= 11 is 0. The summed E-state index contributed by atoms with van der Waals surface area (Å²) in [6, 6.07) is 17.5. The molecule has 0 unspecified atom stereocenters. The molecule has 1 atom stereocenters. The van der Waals surface area contributed by atoms with Crippen LogP contribution in [0.4, 0.5) is 5.69 Å². The lowest BCUT2D eigenvalue weighted by atomic mass is 10.1. The van der Waals surface area contributed by atoms with Crippen molar-refractivity contribution in [2.45, 2.75) is 52.1 Å². The van der Waals surface area contributed by atoms with Gasteiger partial charge in [-0.25, -0.2) is 8.42 Å². The molecule has 0 aliphatic heterocycles. The molecule has 0 bridgehead atoms. The van der Waals surface area contributed by atoms with Gasteiger partial charge in [-0.15, -0.1) is 0 Å². The fraction of sp³-hybridized carbons (Fsp3) is 0.394. The van der Waals surface area contributed by atoms with Crippen LogP contribution >= 0.6 is 0 Å². The van der Waals surface area contributed by atoms with Crippen molar-refractivity contribution in [2.24, 2.45) is 5.92 Å². The first kappa shape index (κ1) is 34.2. The number of amides is 2. The average Bonchev–Trinajstić information content (AvgIpc) is 3.01. The molecule has 0 saturated carbocycles. The zero-order valence-corrected chi connectivity index (χ0v) is 27.3. The van der Waals surface area contributed by atoms with Crippen LogP contribution in [-0.2, 0) is 26.2 Å². The number of nitrogens with one attached hydrogen (secondary N) is 1. The third-order valence-electron chi connectivity index (χ3n) is 6.94. The minimum atomic E-state index is -4.30. The Bertz CT molecular complexity index is 1520. The second-order valence-electron chi connectivity index (χ2n) is 10.8. The summed E-state index contributed by atoms with van der Waals surface area (Å²) in [6.07, 6.45) is 0. The van der Waals surface area contributed by atoms with Gasteiger partial charge in [-0.2, -0.15) is 0 Å². The molecule has 10 nitrogen and oxygen atoms in total. The number of methoxy groups -OCH3 is 2. The Morgan fingerprint density at radius 2 is 1.59 bits per heavy atom. The summed E-state index contributed by atoms with van der Waals surface area (Å²) in [5.74, 6) is 0.492. The van der Waals surface area contributed by atoms with Crippen LogP contribution in [-0.4, -0.2) is 65.1 Å². The van der Waals surface area contributed by atoms with Crippen molar-refractivity contribution < 1.29 is 32.2 Å². The van der Waals surface area contributed by atoms with E-state index in [1.54, 1.807) is 31.2 Å². The average molecular weight is 626 g/mol. The van der Waals surface area contributed by atoms with E-state index in [4.69, 9.17) is 14.2 Å². The van der Waals surface area contributed by atoms with E-state index < -0.39 is 28.5 Å². The van der Waals surface area contributed by atoms with Gasteiger partial charge in [0.15, 0.2) is 11.5 Å². The normalized spacial score (nSPS) is 11.9. The summed E-state index contributed by atoms with van der Waals surface area (Å²) in [5.41, 5.74) is 2.07. The van der Waals surface area contributed by atoms with E-state index in [-0.39, 0.29) is 34.7 Å². The standard InChI is InChI=1S/C33H43N3O7S/c1-8-43-28-14-12-27(13-15-28)36(44(39,40)29-16-17-30(41-6)31(19-29)42-7)22-32(37)35(21-26-11-9-10-24(4)18-26)25(5)33(38)34-20-23(2)3/h9-19,23,25H,8,20-22H2,1-7H3,(H,34,38)/t25-/m0/s1. The molecule has 11 heteroatoms. The summed E-state index contributed by atoms with van der Waals surface area (Å²) < 4.78 is 45.6. The molecule has 0 aliphatic rings. The highest BCUT2D eigenvalue weighted by molar-refractivity contribution is 7.92. The third-order valence-corrected chi connectivity index (χ3v) is 8.71. The Morgan fingerprint density at radius 3 is 2.18 bits per heavy atom. The number of aryl methyl sites for hydroxylation is 1. The number of sulfonamides is 1. The molecule has 0 radical (unpaired) electrons. The molecule has 0 spiro atoms. The number of carbonyl (C=O) groups is 2. The number of nitrogens with zero attached hydrogens (tertiary/aromatic N) is 2. The van der Waals surface area contributed by atoms with E-state index in [9.17, 15) is 18.0 Å². The van der Waals surface area contributed by atoms with Gasteiger partial charge in [-0.05, 0) is 68.7 Å². The number of carbonyl (C=O) groups excluding carboxylic acids is 2. The van der Waals surface area contributed by atoms with Crippen LogP contribution in [0.1, 0.15) is 38.8 Å². The van der Waals surface area contributed by atoms with Crippen molar-refractivity contribution in [3.63, 3.8) is 0 Å². The fourth-order valence-electron chi connectivity index (χ4n) is 4.55. The van der Waals surface area contributed by atoms with E-state index in [1.807, 2.05) is 52.0 Å². The first-order valence-corrected chi connectivity index (χ1v) is 16.0. The molecule has 44 heavy (non-hydrogen) atoms. The second kappa shape index (κ2) is 15.5. The molecular weight excluding hydrogens is 582 g/mol. The maximum Gasteiger partial charge on any atom is 0.264 e. The van der Waals surface area contributed by atoms with Gasteiger partial charge in [0.2, 0.25) is 11.8 Å². The van der Waals surface area contributed by atoms with Crippen LogP contribution in [0, 0.1) is 12.8 Å². The minimum absolute atomic E-state index is 0.0928. The molecule has 0 aromatic heterocycles. The van der Waals surface area contributed by atoms with Crippen molar-refractivity contribution in [3.8, 4) is 17.2 Å². The summed E-state index contributed by atoms with van der Waals surface area (Å²) in [5, 5.41) is 2.89. The Morgan fingerprint density at radius 1 is 0.909 bits per heavy atom. The molecule has 3 aromatic rings. The summed E-state index contributed by atoms with van der Waals surface area (Å²) in [6.45, 7) is 9.84. The minimum Gasteiger partial charge on any atom is -0.494 e. The number of anilines is 1. The largest absolute Gasteiger partial charge is 0.494 e. The number of hydrogen-bond acceptors (Lipinski definition) is 7. The van der Waals surface area contributed by atoms with Crippen LogP contribution in [0.15, 0.2) is 71.6 Å². The van der Waals surface area contributed by atoms with Gasteiger partial charge < -0.3 is 24.4 Å². The molecule has 0 heterocycles. The molecule has 238 valence electrons. The third kappa shape index (κ3) is 8.66. The van der Waals surface area contributed by atoms with E-state index in [1.165, 1.54) is 37.3 Å². The van der Waals surface area contributed by atoms with Gasteiger partial charge in [-0.1, -0.05) is 43.7 Å². The van der Waals surface area contributed by atoms with Gasteiger partial charge in [0.1, 0.15) is 18.3 Å². The lowest BCUT2D eigenvalue weighted by molar-refractivity contribution is -0.139. The number of ether oxygens (including phenoxy) is 3. The van der Waals surface area contributed by atoms with Crippen LogP contribution in [0.25, 0.3) is 0 Å². The molecule has 0 saturated heterocycles. The summed E-state index contributed by atoms with van der Waals surface area (Å²) in [7, 11) is -1.43. The van der Waals surface area contributed by atoms with E-state index in [0.29, 0.717) is 24.7 Å². The van der Waals surface area contributed by atoms with Crippen molar-refractivity contribution in [1.82, 2.24) is 10.2 Å². The molecule has 0 aliphatic carbocycles. The van der Waals surface area contributed by atoms with E-state index >= 15 is 0 Å². The maximum absolute atomic E-state index is 14.2. The Balaban J connectivity index is 2.07. The molecule has 3 aromatic carbocycles. The van der Waals surface area contributed by atoms with Crippen LogP contribution in [0.2, 0.25) is 0 Å². The molecular formula is C33H43N3O7S. The molecule has 0 fully saturated rings. The lowest BCUT2D eigenvalue weighted by Crippen LogP contribution is -2.51. The highest BCUT2D eigenvalue weighted by Crippen LogP contribution is 2.33. The first-order chi connectivity index (χ1) is 20.9. The predicted molar refractivity (Wildman–Crippen MR) is 171 cm³/mol. The first-order valence-electron chi connectivity index (χ1n) is 14.5. The quantitative estimate of drug-likeness (QED) is 0.258. The number of benzene rings is 3. The van der Waals surface area contributed by atoms with E-state index in [0.717, 1.165) is 15.4 Å². The Labute approximate surface area is 261 Å². The molecule has 3 rings (SSSR count). The molecule has 1 N–H and O–H groups in total. The van der Waals surface area contributed by atoms with E-state index in [2.05, 4.69) is 5.32 Å². The Kier molecular flexibility index (Phi) is 12.0. The smallest absolute Gasteiger partial charge is 0.264 e. The van der Waals surface area contributed by atoms with Gasteiger partial charge in [0.25, 0.3) is 10.0 Å². The highest BCUT2D eigenvalue weighted by Gasteiger charge is 2.33. The monoisotopic (exact) mass is 625 g/mol. The zero-order chi connectivity index (χ0) is 32.4. The van der Waals surface area contributed by atoms with Crippen LogP contribution in [0.5, 0.6) is 17.2 Å². The Hall–Kier alpha value is -4.25. The fourth-order valence-corrected chi connectivity index (χ4v) is 5.98. The zero-order valence-electron chi connectivity index (χ0n) is 26.5. The highest BCUT2D eigenvalue weighted by atomic mass is 32.2. The van der Waals surface area contributed by atoms with Gasteiger partial charge in [0.05, 0.1) is 31.4 Å². The number of hydrogen-bond donors (Lipinski definition) is 1. The topological polar surface area (TPSA) is 114 Å². The van der Waals surface area contributed by atoms with Crippen LogP contribution in [0.3, 0.4) is 0 Å². The molecule has 2 amide bonds. The van der Waals surface area contributed by atoms with Gasteiger partial charge in [0, 0.05) is 19.2 Å². The summed E-state index contributed by atoms with van der Waals surface area (Å²) in [4.78, 5) is 28.6. The predicted octanol–water partition coefficient (Wildman–Crippen LogP) is 4.80. The SMILES string of the molecule is CCOc1ccc(N(CC(=O)N(Cc2cccc(C)c2)[C@@H](C)C(=O)NCC(C)C)S(=O)(=O)c2ccc(OC)c(OC)c2)cc1. The van der Waals surface area contributed by atoms with Crippen LogP contribution < -0.4 is 23.8 Å². The maximum atomic E-state index is 14.2. The van der Waals surface area contributed by atoms with Gasteiger partial charge >= 0.3 is 0 Å². The van der Waals surface area contributed by atoms with Gasteiger partial charge in [-0.3, -0.25) is 13.9 Å².